The lowest BCUT2D eigenvalue weighted by molar-refractivity contribution is -0.165. The molecule has 0 aliphatic carbocycles. The minimum atomic E-state index is -1.14. The van der Waals surface area contributed by atoms with Crippen LogP contribution in [-0.2, 0) is 49.8 Å². The summed E-state index contributed by atoms with van der Waals surface area (Å²) < 4.78 is 24.7. The van der Waals surface area contributed by atoms with Crippen molar-refractivity contribution in [2.45, 2.75) is 188 Å². The van der Waals surface area contributed by atoms with Crippen LogP contribution in [0.15, 0.2) is 58.7 Å². The van der Waals surface area contributed by atoms with Crippen LogP contribution in [0.1, 0.15) is 175 Å². The van der Waals surface area contributed by atoms with Crippen LogP contribution < -0.4 is 9.47 Å². The number of aromatic hydroxyl groups is 2. The molecular formula is C55H72N2O13. The van der Waals surface area contributed by atoms with Crippen molar-refractivity contribution in [2.75, 3.05) is 6.54 Å². The minimum absolute atomic E-state index is 0.0233. The molecule has 0 radical (unpaired) electrons. The summed E-state index contributed by atoms with van der Waals surface area (Å²) in [5.74, 6) is -2.31. The van der Waals surface area contributed by atoms with Gasteiger partial charge in [0.15, 0.2) is 6.23 Å². The maximum Gasteiger partial charge on any atom is 0.306 e. The molecule has 15 nitrogen and oxygen atoms in total. The number of esters is 1. The molecule has 4 aliphatic rings. The number of allylic oxidation sites excluding steroid dienone is 8. The molecule has 0 saturated carbocycles. The Labute approximate surface area is 411 Å². The first kappa shape index (κ1) is 53.3. The Hall–Kier alpha value is -6.09. The summed E-state index contributed by atoms with van der Waals surface area (Å²) in [5, 5.41) is 42.9. The molecule has 6 rings (SSSR count). The van der Waals surface area contributed by atoms with Gasteiger partial charge in [-0.2, -0.15) is 0 Å². The number of aliphatic hydroxyl groups excluding tert-OH is 1. The number of aliphatic hydroxyl groups is 1. The zero-order valence-electron chi connectivity index (χ0n) is 42.2. The number of fused-ring (bicyclic) bond motifs is 6. The number of phenolic OH excluding ortho intramolecular Hbond substituents is 2. The van der Waals surface area contributed by atoms with E-state index in [-0.39, 0.29) is 80.5 Å². The van der Waals surface area contributed by atoms with Gasteiger partial charge >= 0.3 is 11.9 Å². The highest BCUT2D eigenvalue weighted by atomic mass is 16.6. The Kier molecular flexibility index (Phi) is 17.3. The van der Waals surface area contributed by atoms with Gasteiger partial charge in [0.25, 0.3) is 18.3 Å². The second-order valence-corrected chi connectivity index (χ2v) is 20.4. The molecule has 70 heavy (non-hydrogen) atoms. The summed E-state index contributed by atoms with van der Waals surface area (Å²) in [7, 11) is 0. The van der Waals surface area contributed by atoms with Crippen LogP contribution in [0.25, 0.3) is 0 Å². The van der Waals surface area contributed by atoms with E-state index < -0.39 is 53.9 Å². The lowest BCUT2D eigenvalue weighted by Gasteiger charge is -2.42. The number of nitrogens with zero attached hydrogens (tertiary/aromatic N) is 2. The summed E-state index contributed by atoms with van der Waals surface area (Å²) in [6.07, 6.45) is 11.6. The molecule has 5 atom stereocenters. The predicted octanol–water partition coefficient (Wildman–Crippen LogP) is 9.46. The summed E-state index contributed by atoms with van der Waals surface area (Å²) in [6, 6.07) is 2.78. The number of ether oxygens (including phenoxy) is 4. The number of carbonyl (C=O) groups excluding carboxylic acids is 4. The van der Waals surface area contributed by atoms with Crippen LogP contribution in [0.3, 0.4) is 0 Å². The fraction of sp³-hybridized carbons (Fsp3) is 0.545. The Balaban J connectivity index is 1.15. The van der Waals surface area contributed by atoms with Crippen LogP contribution in [-0.4, -0.2) is 96.6 Å². The van der Waals surface area contributed by atoms with Crippen molar-refractivity contribution in [3.05, 3.63) is 92.1 Å². The molecule has 15 heteroatoms. The van der Waals surface area contributed by atoms with E-state index in [2.05, 4.69) is 65.8 Å². The summed E-state index contributed by atoms with van der Waals surface area (Å²) >= 11 is 0. The fourth-order valence-electron chi connectivity index (χ4n) is 9.89. The number of benzene rings is 2. The van der Waals surface area contributed by atoms with Gasteiger partial charge in [0.2, 0.25) is 0 Å². The highest BCUT2D eigenvalue weighted by Crippen LogP contribution is 2.49. The van der Waals surface area contributed by atoms with Crippen LogP contribution in [0.4, 0.5) is 0 Å². The van der Waals surface area contributed by atoms with Gasteiger partial charge in [-0.1, -0.05) is 46.6 Å². The number of carboxylic acids is 1. The Morgan fingerprint density at radius 3 is 1.86 bits per heavy atom. The molecule has 2 aromatic rings. The van der Waals surface area contributed by atoms with E-state index in [1.54, 1.807) is 11.8 Å². The first-order chi connectivity index (χ1) is 33.1. The fourth-order valence-corrected chi connectivity index (χ4v) is 9.89. The van der Waals surface area contributed by atoms with E-state index in [0.29, 0.717) is 65.7 Å². The number of hydrogen-bond donors (Lipinski definition) is 4. The van der Waals surface area contributed by atoms with Gasteiger partial charge < -0.3 is 44.3 Å². The highest BCUT2D eigenvalue weighted by molar-refractivity contribution is 6.01. The molecule has 4 aliphatic heterocycles. The Morgan fingerprint density at radius 2 is 1.29 bits per heavy atom. The zero-order chi connectivity index (χ0) is 51.1. The maximum atomic E-state index is 14.2. The number of carbonyl (C=O) groups is 5. The summed E-state index contributed by atoms with van der Waals surface area (Å²) in [4.78, 5) is 67.2. The highest BCUT2D eigenvalue weighted by Gasteiger charge is 2.48. The molecule has 0 fully saturated rings. The van der Waals surface area contributed by atoms with Crippen molar-refractivity contribution in [1.29, 1.82) is 0 Å². The monoisotopic (exact) mass is 969 g/mol. The van der Waals surface area contributed by atoms with Gasteiger partial charge in [-0.3, -0.25) is 28.9 Å². The number of phenols is 2. The third-order valence-electron chi connectivity index (χ3n) is 14.2. The molecule has 4 N–H and O–H groups in total. The molecule has 4 heterocycles. The van der Waals surface area contributed by atoms with Gasteiger partial charge in [0.1, 0.15) is 40.3 Å². The molecule has 2 amide bonds. The summed E-state index contributed by atoms with van der Waals surface area (Å²) in [5.41, 5.74) is 5.24. The van der Waals surface area contributed by atoms with E-state index >= 15 is 0 Å². The molecule has 0 bridgehead atoms. The van der Waals surface area contributed by atoms with E-state index in [0.717, 1.165) is 25.7 Å². The number of aliphatic carboxylic acids is 1. The maximum absolute atomic E-state index is 14.2. The zero-order valence-corrected chi connectivity index (χ0v) is 42.2. The predicted molar refractivity (Wildman–Crippen MR) is 263 cm³/mol. The van der Waals surface area contributed by atoms with Crippen LogP contribution in [0.5, 0.6) is 23.0 Å². The number of hydrogen-bond acceptors (Lipinski definition) is 12. The van der Waals surface area contributed by atoms with Crippen molar-refractivity contribution in [1.82, 2.24) is 9.80 Å². The van der Waals surface area contributed by atoms with E-state index in [4.69, 9.17) is 18.9 Å². The van der Waals surface area contributed by atoms with Crippen molar-refractivity contribution in [3.63, 3.8) is 0 Å². The lowest BCUT2D eigenvalue weighted by atomic mass is 9.83. The molecule has 0 aromatic heterocycles. The second-order valence-electron chi connectivity index (χ2n) is 20.4. The standard InChI is InChI=1S/C55H72N2O13/c1-33(2)14-9-16-35(5)18-11-23-54(7)45(61)28-39-43(59)26-37-41(50(39)69-54)30-56(52(37)65)25-13-20-47(67-32-58)57-31-42-38(53(57)66)27-44(60)40-29-46(68-49(64)22-21-48(62)63)55(8,70-51(40)42)24-12-19-36(6)17-10-15-34(3)4/h14-15,18-19,26-27,32,45-47,59-61H,9-13,16-17,20-25,28-31H2,1-8H3,(H,62,63)/b35-18+,36-19+/t45-,46-,47+,54+,55+/m0/s1. The quantitative estimate of drug-likeness (QED) is 0.0465. The minimum Gasteiger partial charge on any atom is -0.508 e. The Bertz CT molecular complexity index is 2460. The van der Waals surface area contributed by atoms with Gasteiger partial charge in [-0.05, 0) is 125 Å². The summed E-state index contributed by atoms with van der Waals surface area (Å²) in [6.45, 7) is 16.8. The van der Waals surface area contributed by atoms with Crippen molar-refractivity contribution in [3.8, 4) is 23.0 Å². The molecule has 0 unspecified atom stereocenters. The van der Waals surface area contributed by atoms with Crippen LogP contribution in [0, 0.1) is 0 Å². The van der Waals surface area contributed by atoms with Crippen LogP contribution >= 0.6 is 0 Å². The smallest absolute Gasteiger partial charge is 0.306 e. The van der Waals surface area contributed by atoms with Crippen molar-refractivity contribution < 1.29 is 63.3 Å². The van der Waals surface area contributed by atoms with E-state index in [9.17, 15) is 44.4 Å². The van der Waals surface area contributed by atoms with Crippen LogP contribution in [0.2, 0.25) is 0 Å². The molecule has 0 spiro atoms. The molecular weight excluding hydrogens is 897 g/mol. The molecule has 0 saturated heterocycles. The third-order valence-corrected chi connectivity index (χ3v) is 14.2. The SMILES string of the molecule is CC(C)=CCC/C(C)=C/CC[C@@]1(C)Oc2c(c(O)cc3c2CN([C@@H](CCCN2Cc4c(cc(O)c5c4O[C@](C)(CC/C=C(\C)CCC=C(C)C)[C@@H](O)C5)C2=O)OC=O)C3=O)C[C@@H]1OC(=O)CCC(=O)O. The normalized spacial score (nSPS) is 22.0. The van der Waals surface area contributed by atoms with E-state index in [1.165, 1.54) is 39.3 Å². The molecule has 2 aromatic carbocycles. The van der Waals surface area contributed by atoms with Gasteiger partial charge in [0, 0.05) is 48.1 Å². The van der Waals surface area contributed by atoms with Gasteiger partial charge in [0.05, 0.1) is 43.2 Å². The lowest BCUT2D eigenvalue weighted by Crippen LogP contribution is -2.51. The first-order valence-corrected chi connectivity index (χ1v) is 24.6. The topological polar surface area (TPSA) is 210 Å². The largest absolute Gasteiger partial charge is 0.508 e. The second kappa shape index (κ2) is 22.8. The molecule has 380 valence electrons. The Morgan fingerprint density at radius 1 is 0.743 bits per heavy atom. The average molecular weight is 969 g/mol. The third kappa shape index (κ3) is 12.4. The first-order valence-electron chi connectivity index (χ1n) is 24.6. The van der Waals surface area contributed by atoms with Crippen molar-refractivity contribution >= 4 is 30.2 Å². The number of rotatable bonds is 23. The number of amides is 2. The number of carboxylic acid groups (broad SMARTS) is 1. The van der Waals surface area contributed by atoms with E-state index in [1.807, 2.05) is 6.92 Å². The van der Waals surface area contributed by atoms with Gasteiger partial charge in [-0.15, -0.1) is 0 Å². The van der Waals surface area contributed by atoms with Gasteiger partial charge in [-0.25, -0.2) is 0 Å². The average Bonchev–Trinajstić information content (AvgIpc) is 3.78. The van der Waals surface area contributed by atoms with Crippen molar-refractivity contribution in [2.24, 2.45) is 0 Å².